The molecule has 2 heterocycles. The quantitative estimate of drug-likeness (QED) is 0.555. The molecule has 0 fully saturated rings. The molecule has 0 spiro atoms. The molecule has 0 bridgehead atoms. The standard InChI is InChI=1S/C19H16N4O3S2/c1-12-7-9-14(10-8-12)28(25,26)22-16-6-4-3-5-15(16)17-18(24)20-19-23(21-17)13(2)11-27-19/h3-11,22H,1-2H3. The number of nitrogens with zero attached hydrogens (tertiary/aromatic N) is 3. The highest BCUT2D eigenvalue weighted by Crippen LogP contribution is 2.27. The van der Waals surface area contributed by atoms with Crippen molar-refractivity contribution in [3.8, 4) is 11.3 Å². The van der Waals surface area contributed by atoms with E-state index in [0.29, 0.717) is 10.5 Å². The summed E-state index contributed by atoms with van der Waals surface area (Å²) in [4.78, 5) is 17.2. The van der Waals surface area contributed by atoms with E-state index in [1.165, 1.54) is 23.5 Å². The van der Waals surface area contributed by atoms with Gasteiger partial charge in [0.2, 0.25) is 4.96 Å². The van der Waals surface area contributed by atoms with Crippen LogP contribution in [0, 0.1) is 13.8 Å². The van der Waals surface area contributed by atoms with E-state index < -0.39 is 15.6 Å². The smallest absolute Gasteiger partial charge is 0.279 e. The molecule has 0 saturated carbocycles. The Balaban J connectivity index is 1.82. The van der Waals surface area contributed by atoms with Crippen molar-refractivity contribution in [1.82, 2.24) is 14.6 Å². The van der Waals surface area contributed by atoms with Gasteiger partial charge in [-0.05, 0) is 32.0 Å². The number of fused-ring (bicyclic) bond motifs is 1. The van der Waals surface area contributed by atoms with Crippen molar-refractivity contribution in [2.45, 2.75) is 18.7 Å². The van der Waals surface area contributed by atoms with Gasteiger partial charge in [-0.2, -0.15) is 10.1 Å². The van der Waals surface area contributed by atoms with Gasteiger partial charge in [-0.1, -0.05) is 35.9 Å². The topological polar surface area (TPSA) is 93.4 Å². The number of aromatic nitrogens is 3. The summed E-state index contributed by atoms with van der Waals surface area (Å²) in [5.41, 5.74) is 2.01. The van der Waals surface area contributed by atoms with E-state index in [1.807, 2.05) is 19.2 Å². The Hall–Kier alpha value is -3.04. The van der Waals surface area contributed by atoms with Crippen LogP contribution in [-0.4, -0.2) is 23.0 Å². The fourth-order valence-electron chi connectivity index (χ4n) is 2.74. The summed E-state index contributed by atoms with van der Waals surface area (Å²) in [6.07, 6.45) is 0. The van der Waals surface area contributed by atoms with Crippen LogP contribution in [0.4, 0.5) is 5.69 Å². The minimum absolute atomic E-state index is 0.0845. The largest absolute Gasteiger partial charge is 0.300 e. The van der Waals surface area contributed by atoms with Crippen LogP contribution in [0.1, 0.15) is 11.3 Å². The number of aryl methyl sites for hydroxylation is 2. The second-order valence-corrected chi connectivity index (χ2v) is 8.82. The first-order chi connectivity index (χ1) is 13.3. The van der Waals surface area contributed by atoms with Crippen molar-refractivity contribution in [2.24, 2.45) is 0 Å². The molecule has 0 aliphatic carbocycles. The van der Waals surface area contributed by atoms with Crippen LogP contribution in [0.5, 0.6) is 0 Å². The number of benzene rings is 2. The maximum atomic E-state index is 12.8. The van der Waals surface area contributed by atoms with Crippen molar-refractivity contribution < 1.29 is 8.42 Å². The van der Waals surface area contributed by atoms with Crippen molar-refractivity contribution in [3.63, 3.8) is 0 Å². The van der Waals surface area contributed by atoms with Gasteiger partial charge in [-0.3, -0.25) is 9.52 Å². The van der Waals surface area contributed by atoms with Crippen LogP contribution in [0.3, 0.4) is 0 Å². The number of nitrogens with one attached hydrogen (secondary N) is 1. The summed E-state index contributed by atoms with van der Waals surface area (Å²) < 4.78 is 29.7. The molecule has 28 heavy (non-hydrogen) atoms. The lowest BCUT2D eigenvalue weighted by Gasteiger charge is -2.12. The normalized spacial score (nSPS) is 11.6. The number of para-hydroxylation sites is 1. The van der Waals surface area contributed by atoms with Gasteiger partial charge in [0, 0.05) is 10.9 Å². The summed E-state index contributed by atoms with van der Waals surface area (Å²) in [6, 6.07) is 13.2. The first kappa shape index (κ1) is 18.3. The number of sulfonamides is 1. The predicted octanol–water partition coefficient (Wildman–Crippen LogP) is 3.24. The molecular formula is C19H16N4O3S2. The molecule has 2 aromatic heterocycles. The Morgan fingerprint density at radius 1 is 1.04 bits per heavy atom. The van der Waals surface area contributed by atoms with Crippen LogP contribution in [0.25, 0.3) is 16.2 Å². The highest BCUT2D eigenvalue weighted by molar-refractivity contribution is 7.92. The first-order valence-corrected chi connectivity index (χ1v) is 10.8. The molecule has 142 valence electrons. The first-order valence-electron chi connectivity index (χ1n) is 8.39. The van der Waals surface area contributed by atoms with Crippen LogP contribution in [-0.2, 0) is 10.0 Å². The highest BCUT2D eigenvalue weighted by Gasteiger charge is 2.19. The summed E-state index contributed by atoms with van der Waals surface area (Å²) >= 11 is 1.32. The SMILES string of the molecule is Cc1ccc(S(=O)(=O)Nc2ccccc2-c2nn3c(C)csc3nc2=O)cc1. The molecule has 0 unspecified atom stereocenters. The molecule has 0 aliphatic rings. The van der Waals surface area contributed by atoms with Gasteiger partial charge in [-0.15, -0.1) is 11.3 Å². The Bertz CT molecular complexity index is 1340. The molecular weight excluding hydrogens is 396 g/mol. The van der Waals surface area contributed by atoms with Crippen LogP contribution in [0.2, 0.25) is 0 Å². The lowest BCUT2D eigenvalue weighted by Crippen LogP contribution is -2.18. The van der Waals surface area contributed by atoms with Gasteiger partial charge >= 0.3 is 5.56 Å². The maximum Gasteiger partial charge on any atom is 0.300 e. The second kappa shape index (κ2) is 6.84. The third-order valence-electron chi connectivity index (χ3n) is 4.21. The van der Waals surface area contributed by atoms with E-state index in [1.54, 1.807) is 40.9 Å². The Labute approximate surface area is 165 Å². The van der Waals surface area contributed by atoms with Crippen molar-refractivity contribution in [1.29, 1.82) is 0 Å². The number of thiazole rings is 1. The van der Waals surface area contributed by atoms with Crippen molar-refractivity contribution in [3.05, 3.63) is 75.5 Å². The Morgan fingerprint density at radius 2 is 1.75 bits per heavy atom. The molecule has 0 atom stereocenters. The zero-order valence-electron chi connectivity index (χ0n) is 15.1. The molecule has 1 N–H and O–H groups in total. The fraction of sp³-hybridized carbons (Fsp3) is 0.105. The molecule has 0 saturated heterocycles. The van der Waals surface area contributed by atoms with E-state index in [9.17, 15) is 13.2 Å². The third-order valence-corrected chi connectivity index (χ3v) is 6.52. The van der Waals surface area contributed by atoms with E-state index in [2.05, 4.69) is 14.8 Å². The summed E-state index contributed by atoms with van der Waals surface area (Å²) in [5.74, 6) is 0. The number of rotatable bonds is 4. The number of hydrogen-bond acceptors (Lipinski definition) is 6. The molecule has 2 aromatic carbocycles. The number of hydrogen-bond donors (Lipinski definition) is 1. The third kappa shape index (κ3) is 3.30. The maximum absolute atomic E-state index is 12.8. The van der Waals surface area contributed by atoms with E-state index in [0.717, 1.165) is 11.3 Å². The molecule has 0 radical (unpaired) electrons. The van der Waals surface area contributed by atoms with Gasteiger partial charge in [0.25, 0.3) is 10.0 Å². The van der Waals surface area contributed by atoms with E-state index >= 15 is 0 Å². The van der Waals surface area contributed by atoms with Gasteiger partial charge in [-0.25, -0.2) is 12.9 Å². The van der Waals surface area contributed by atoms with Gasteiger partial charge in [0.15, 0.2) is 5.69 Å². The minimum atomic E-state index is -3.82. The van der Waals surface area contributed by atoms with E-state index in [4.69, 9.17) is 0 Å². The molecule has 4 rings (SSSR count). The zero-order valence-corrected chi connectivity index (χ0v) is 16.7. The van der Waals surface area contributed by atoms with Gasteiger partial charge in [0.1, 0.15) is 0 Å². The van der Waals surface area contributed by atoms with Gasteiger partial charge < -0.3 is 0 Å². The van der Waals surface area contributed by atoms with Crippen LogP contribution < -0.4 is 10.3 Å². The predicted molar refractivity (Wildman–Crippen MR) is 109 cm³/mol. The Morgan fingerprint density at radius 3 is 2.50 bits per heavy atom. The monoisotopic (exact) mass is 412 g/mol. The second-order valence-electron chi connectivity index (χ2n) is 6.30. The molecule has 4 aromatic rings. The highest BCUT2D eigenvalue weighted by atomic mass is 32.2. The average molecular weight is 412 g/mol. The summed E-state index contributed by atoms with van der Waals surface area (Å²) in [7, 11) is -3.82. The summed E-state index contributed by atoms with van der Waals surface area (Å²) in [5, 5.41) is 6.25. The zero-order chi connectivity index (χ0) is 19.9. The molecule has 9 heteroatoms. The van der Waals surface area contributed by atoms with Gasteiger partial charge in [0.05, 0.1) is 16.3 Å². The lowest BCUT2D eigenvalue weighted by molar-refractivity contribution is 0.601. The molecule has 7 nitrogen and oxygen atoms in total. The molecule has 0 aliphatic heterocycles. The lowest BCUT2D eigenvalue weighted by atomic mass is 10.1. The minimum Gasteiger partial charge on any atom is -0.279 e. The van der Waals surface area contributed by atoms with Crippen molar-refractivity contribution in [2.75, 3.05) is 4.72 Å². The van der Waals surface area contributed by atoms with Crippen LogP contribution in [0.15, 0.2) is 63.6 Å². The van der Waals surface area contributed by atoms with Crippen molar-refractivity contribution >= 4 is 32.0 Å². The van der Waals surface area contributed by atoms with E-state index in [-0.39, 0.29) is 16.3 Å². The van der Waals surface area contributed by atoms with Crippen LogP contribution >= 0.6 is 11.3 Å². The molecule has 0 amide bonds. The summed E-state index contributed by atoms with van der Waals surface area (Å²) in [6.45, 7) is 3.74. The fourth-order valence-corrected chi connectivity index (χ4v) is 4.61. The Kier molecular flexibility index (Phi) is 4.48. The number of anilines is 1. The average Bonchev–Trinajstić information content (AvgIpc) is 3.01.